The van der Waals surface area contributed by atoms with Gasteiger partial charge in [-0.25, -0.2) is 4.79 Å². The molecule has 27 heavy (non-hydrogen) atoms. The summed E-state index contributed by atoms with van der Waals surface area (Å²) >= 11 is 3.78. The van der Waals surface area contributed by atoms with Crippen molar-refractivity contribution < 1.29 is 39.2 Å². The molecule has 9 nitrogen and oxygen atoms in total. The monoisotopic (exact) mass is 731 g/mol. The molecule has 1 heterocycles. The molecule has 0 aromatic heterocycles. The van der Waals surface area contributed by atoms with Crippen molar-refractivity contribution in [2.45, 2.75) is 64.3 Å². The van der Waals surface area contributed by atoms with Crippen molar-refractivity contribution >= 4 is 88.3 Å². The van der Waals surface area contributed by atoms with E-state index in [0.29, 0.717) is 0 Å². The van der Waals surface area contributed by atoms with Gasteiger partial charge in [-0.1, -0.05) is 6.92 Å². The van der Waals surface area contributed by atoms with Gasteiger partial charge in [0.1, 0.15) is 34.9 Å². The summed E-state index contributed by atoms with van der Waals surface area (Å²) in [7, 11) is 1.99. The van der Waals surface area contributed by atoms with Crippen molar-refractivity contribution in [1.29, 1.82) is 0 Å². The number of ether oxygens (including phenoxy) is 1. The van der Waals surface area contributed by atoms with Crippen LogP contribution >= 0.6 is 42.7 Å². The number of rotatable bonds is 5. The van der Waals surface area contributed by atoms with Crippen LogP contribution in [0.15, 0.2) is 0 Å². The van der Waals surface area contributed by atoms with E-state index in [1.807, 2.05) is 7.05 Å². The van der Waals surface area contributed by atoms with Gasteiger partial charge in [0.2, 0.25) is 0 Å². The molecule has 6 atom stereocenters. The second-order valence-electron chi connectivity index (χ2n) is 5.71. The number of carbonyl (C=O) groups is 2. The topological polar surface area (TPSA) is 146 Å². The van der Waals surface area contributed by atoms with Crippen molar-refractivity contribution in [3.8, 4) is 0 Å². The Balaban J connectivity index is -0.000000590. The second-order valence-corrected chi connectivity index (χ2v) is 11.1. The molecular weight excluding hydrogens is 703 g/mol. The number of hydrogen-bond acceptors (Lipinski definition) is 8. The molecule has 0 saturated carbocycles. The number of carboxylic acids is 1. The first-order valence-corrected chi connectivity index (χ1v) is 17.0. The molecule has 157 valence electrons. The van der Waals surface area contributed by atoms with Gasteiger partial charge in [0.25, 0.3) is 5.79 Å². The van der Waals surface area contributed by atoms with Gasteiger partial charge in [0.15, 0.2) is 0 Å². The molecule has 0 bridgehead atoms. The molecule has 0 amide bonds. The van der Waals surface area contributed by atoms with Crippen LogP contribution in [-0.4, -0.2) is 103 Å². The van der Waals surface area contributed by atoms with E-state index in [0.717, 1.165) is 0 Å². The first-order chi connectivity index (χ1) is 12.4. The summed E-state index contributed by atoms with van der Waals surface area (Å²) in [5, 5.41) is 38.4. The van der Waals surface area contributed by atoms with Crippen molar-refractivity contribution in [3.63, 3.8) is 0 Å². The summed E-state index contributed by atoms with van der Waals surface area (Å²) in [5.41, 5.74) is 0. The maximum absolute atomic E-state index is 11.2. The zero-order valence-corrected chi connectivity index (χ0v) is 25.5. The number of Topliss-reactive ketones (excluding diaryl/α,β-unsaturated/α-hetero) is 1. The Labute approximate surface area is 207 Å². The predicted octanol–water partition coefficient (Wildman–Crippen LogP) is -0.217. The normalized spacial score (nSPS) is 29.2. The van der Waals surface area contributed by atoms with Crippen LogP contribution in [0.5, 0.6) is 0 Å². The van der Waals surface area contributed by atoms with Crippen LogP contribution in [-0.2, 0) is 17.4 Å². The Morgan fingerprint density at radius 1 is 1.44 bits per heavy atom. The molecule has 0 aliphatic carbocycles. The summed E-state index contributed by atoms with van der Waals surface area (Å²) in [5.74, 6) is -3.93. The minimum atomic E-state index is -2.07. The first-order valence-electron chi connectivity index (χ1n) is 8.25. The molecule has 1 fully saturated rings. The quantitative estimate of drug-likeness (QED) is 0.192. The molecule has 0 aromatic carbocycles. The molecule has 0 aromatic rings. The van der Waals surface area contributed by atoms with Crippen LogP contribution in [0, 0.1) is 5.92 Å². The number of ketones is 1. The van der Waals surface area contributed by atoms with E-state index in [1.165, 1.54) is 36.9 Å². The summed E-state index contributed by atoms with van der Waals surface area (Å²) in [6.07, 6.45) is -5.37. The van der Waals surface area contributed by atoms with Crippen molar-refractivity contribution in [2.75, 3.05) is 7.05 Å². The molecule has 1 aliphatic rings. The number of halogens is 2. The average molecular weight is 733 g/mol. The third-order valence-corrected chi connectivity index (χ3v) is 7.63. The van der Waals surface area contributed by atoms with Crippen LogP contribution in [0.25, 0.3) is 0 Å². The van der Waals surface area contributed by atoms with Crippen LogP contribution < -0.4 is 4.02 Å². The summed E-state index contributed by atoms with van der Waals surface area (Å²) in [4.78, 5) is 20.7. The summed E-state index contributed by atoms with van der Waals surface area (Å²) in [6, 6.07) is 0. The van der Waals surface area contributed by atoms with E-state index in [2.05, 4.69) is 23.7 Å². The van der Waals surface area contributed by atoms with Gasteiger partial charge < -0.3 is 30.0 Å². The molecule has 1 rings (SSSR count). The Hall–Kier alpha value is 1.63. The van der Waals surface area contributed by atoms with Gasteiger partial charge in [0, 0.05) is 13.7 Å². The molecular formula is C14H28Ga2I2NO8. The number of aliphatic hydroxyl groups excluding tert-OH is 3. The third kappa shape index (κ3) is 12.8. The molecule has 3 radical (unpaired) electrons. The minimum absolute atomic E-state index is 0. The molecule has 5 N–H and O–H groups in total. The third-order valence-electron chi connectivity index (χ3n) is 3.22. The van der Waals surface area contributed by atoms with Crippen LogP contribution in [0.3, 0.4) is 0 Å². The van der Waals surface area contributed by atoms with Gasteiger partial charge in [-0.15, -0.1) is 0 Å². The van der Waals surface area contributed by atoms with Gasteiger partial charge in [-0.3, -0.25) is 3.07 Å². The number of hydrogen-bond donors (Lipinski definition) is 5. The van der Waals surface area contributed by atoms with E-state index < -0.39 is 49.0 Å². The average Bonchev–Trinajstić information content (AvgIpc) is 2.62. The van der Waals surface area contributed by atoms with E-state index in [9.17, 15) is 24.9 Å². The van der Waals surface area contributed by atoms with Gasteiger partial charge >= 0.3 is 70.6 Å². The van der Waals surface area contributed by atoms with Crippen molar-refractivity contribution in [2.24, 2.45) is 5.92 Å². The maximum atomic E-state index is 11.2. The standard InChI is InChI=1S/C10H17IO7.C3H6O.CH4N.2Ga.HI.H/c1-4-6(13)3-10(18-11,9(15)16)17-8(4)7(14)5(2)12;1-3(2)4;1-2;;;;/h4-8,12-14H,3H2,1-2H3,(H,15,16);1-2H3;2H,1H3;;;1H;/q;;-1;;+2;;/p-1/i2D;;;;;;. The first kappa shape index (κ1) is 30.8. The fraction of sp³-hybridized carbons (Fsp3) is 0.857. The van der Waals surface area contributed by atoms with Gasteiger partial charge in [-0.2, -0.15) is 0 Å². The number of aliphatic carboxylic acids is 1. The molecule has 0 spiro atoms. The zero-order valence-electron chi connectivity index (χ0n) is 16.8. The molecule has 13 heteroatoms. The van der Waals surface area contributed by atoms with Crippen LogP contribution in [0.4, 0.5) is 0 Å². The molecule has 1 aliphatic heterocycles. The van der Waals surface area contributed by atoms with Gasteiger partial charge in [-0.05, 0) is 20.7 Å². The van der Waals surface area contributed by atoms with E-state index in [1.54, 1.807) is 6.92 Å². The van der Waals surface area contributed by atoms with E-state index >= 15 is 0 Å². The number of aliphatic hydroxyl groups is 3. The fourth-order valence-corrected chi connectivity index (χ4v) is 2.35. The fourth-order valence-electron chi connectivity index (χ4n) is 1.88. The van der Waals surface area contributed by atoms with E-state index in [4.69, 9.17) is 14.3 Å². The van der Waals surface area contributed by atoms with Crippen LogP contribution in [0.1, 0.15) is 35.5 Å². The van der Waals surface area contributed by atoms with Crippen molar-refractivity contribution in [3.05, 3.63) is 0 Å². The van der Waals surface area contributed by atoms with Gasteiger partial charge in [0.05, 0.1) is 18.3 Å². The molecule has 1 saturated heterocycles. The summed E-state index contributed by atoms with van der Waals surface area (Å²) in [6.45, 7) is 4.16. The summed E-state index contributed by atoms with van der Waals surface area (Å²) < 4.78 is 20.2. The Bertz CT molecular complexity index is 452. The Kier molecular flexibility index (Phi) is 19.8. The number of nitrogens with one attached hydrogen (secondary N) is 1. The van der Waals surface area contributed by atoms with Crippen LogP contribution in [0.2, 0.25) is 0 Å². The Morgan fingerprint density at radius 3 is 2.19 bits per heavy atom. The number of carboxylic acid groups (broad SMARTS) is 1. The Morgan fingerprint density at radius 2 is 1.89 bits per heavy atom. The SMILES string of the molecule is CC(C)=O.C[NH][Ga][I].[2H]CC(O)C(O)C1OC(OI)(C(=O)O)CC(O)C1C.[GaH]. The van der Waals surface area contributed by atoms with E-state index in [-0.39, 0.29) is 46.1 Å². The predicted molar refractivity (Wildman–Crippen MR) is 120 cm³/mol. The van der Waals surface area contributed by atoms with Crippen molar-refractivity contribution in [1.82, 2.24) is 4.02 Å². The molecule has 6 unspecified atom stereocenters. The number of carbonyl (C=O) groups excluding carboxylic acids is 1. The zero-order chi connectivity index (χ0) is 21.8. The second kappa shape index (κ2) is 17.3.